The minimum atomic E-state index is -4.38. The number of hydrogen-bond acceptors (Lipinski definition) is 8. The standard InChI is InChI=1S/C19H24N6O.C8H5F3O/c1-12(10-26)9-23-19-17(18(21)24-11-25-19)16(20)7-5-14-8-15(22-3)6-4-13(14)2;9-8(10,11)7-3-1-2-6(4-7)5-12/h4,6,8,11-12,20,22,26H,9-10H2,1-3H3,(H3,21,23,24,25);1-5H/t12-;/m0./s1. The fourth-order valence-corrected chi connectivity index (χ4v) is 3.01. The molecule has 0 aliphatic rings. The molecule has 1 heterocycles. The SMILES string of the molecule is CNc1ccc(C)c(C#CC(=N)c2c(N)ncnc2NC[C@H](C)CO)c1.O=Cc1cccc(C(F)(F)F)c1. The number of alkyl halides is 3. The molecule has 3 aromatic rings. The molecule has 1 aromatic heterocycles. The van der Waals surface area contributed by atoms with E-state index in [1.54, 1.807) is 0 Å². The molecule has 0 saturated carbocycles. The van der Waals surface area contributed by atoms with Crippen LogP contribution >= 0.6 is 0 Å². The van der Waals surface area contributed by atoms with Crippen molar-refractivity contribution in [2.45, 2.75) is 20.0 Å². The highest BCUT2D eigenvalue weighted by molar-refractivity contribution is 6.16. The maximum Gasteiger partial charge on any atom is 0.416 e. The smallest absolute Gasteiger partial charge is 0.396 e. The lowest BCUT2D eigenvalue weighted by molar-refractivity contribution is -0.137. The van der Waals surface area contributed by atoms with Gasteiger partial charge in [0.1, 0.15) is 30.0 Å². The number of aromatic nitrogens is 2. The van der Waals surface area contributed by atoms with Gasteiger partial charge in [0, 0.05) is 37.0 Å². The van der Waals surface area contributed by atoms with Crippen molar-refractivity contribution < 1.29 is 23.1 Å². The Morgan fingerprint density at radius 1 is 1.24 bits per heavy atom. The summed E-state index contributed by atoms with van der Waals surface area (Å²) in [7, 11) is 1.84. The van der Waals surface area contributed by atoms with Crippen LogP contribution in [0.3, 0.4) is 0 Å². The minimum absolute atomic E-state index is 0.0322. The van der Waals surface area contributed by atoms with Gasteiger partial charge in [-0.3, -0.25) is 10.2 Å². The monoisotopic (exact) mass is 526 g/mol. The number of nitrogens with two attached hydrogens (primary N) is 1. The van der Waals surface area contributed by atoms with Crippen LogP contribution < -0.4 is 16.4 Å². The molecule has 0 spiro atoms. The Morgan fingerprint density at radius 3 is 2.61 bits per heavy atom. The highest BCUT2D eigenvalue weighted by atomic mass is 19.4. The predicted octanol–water partition coefficient (Wildman–Crippen LogP) is 4.39. The third-order valence-corrected chi connectivity index (χ3v) is 5.25. The number of nitrogens with one attached hydrogen (secondary N) is 3. The second-order valence-electron chi connectivity index (χ2n) is 8.30. The Bertz CT molecular complexity index is 1330. The molecule has 0 amide bonds. The van der Waals surface area contributed by atoms with E-state index >= 15 is 0 Å². The second kappa shape index (κ2) is 13.8. The third-order valence-electron chi connectivity index (χ3n) is 5.25. The Hall–Kier alpha value is -4.43. The number of aryl methyl sites for hydroxylation is 1. The number of halogens is 3. The molecule has 38 heavy (non-hydrogen) atoms. The van der Waals surface area contributed by atoms with Crippen molar-refractivity contribution in [3.8, 4) is 11.8 Å². The summed E-state index contributed by atoms with van der Waals surface area (Å²) in [6, 6.07) is 10.1. The maximum absolute atomic E-state index is 12.0. The van der Waals surface area contributed by atoms with Crippen LogP contribution in [0.15, 0.2) is 48.8 Å². The van der Waals surface area contributed by atoms with Crippen LogP contribution in [0.1, 0.15) is 39.5 Å². The van der Waals surface area contributed by atoms with Crippen molar-refractivity contribution in [2.24, 2.45) is 5.92 Å². The van der Waals surface area contributed by atoms with E-state index in [1.807, 2.05) is 39.1 Å². The number of nitrogens with zero attached hydrogens (tertiary/aromatic N) is 2. The zero-order valence-corrected chi connectivity index (χ0v) is 21.1. The summed E-state index contributed by atoms with van der Waals surface area (Å²) in [5, 5.41) is 23.7. The molecule has 11 heteroatoms. The highest BCUT2D eigenvalue weighted by Gasteiger charge is 2.30. The average Bonchev–Trinajstić information content (AvgIpc) is 2.91. The highest BCUT2D eigenvalue weighted by Crippen LogP contribution is 2.29. The number of hydrogen-bond donors (Lipinski definition) is 5. The van der Waals surface area contributed by atoms with E-state index in [9.17, 15) is 18.0 Å². The molecule has 2 aromatic carbocycles. The van der Waals surface area contributed by atoms with E-state index in [-0.39, 0.29) is 29.6 Å². The van der Waals surface area contributed by atoms with E-state index < -0.39 is 11.7 Å². The van der Waals surface area contributed by atoms with Gasteiger partial charge < -0.3 is 21.5 Å². The van der Waals surface area contributed by atoms with Gasteiger partial charge in [-0.2, -0.15) is 13.2 Å². The summed E-state index contributed by atoms with van der Waals surface area (Å²) in [6.45, 7) is 4.43. The number of benzene rings is 2. The van der Waals surface area contributed by atoms with Gasteiger partial charge in [0.2, 0.25) is 0 Å². The van der Waals surface area contributed by atoms with Crippen LogP contribution in [0.25, 0.3) is 0 Å². The largest absolute Gasteiger partial charge is 0.416 e. The van der Waals surface area contributed by atoms with Gasteiger partial charge in [-0.05, 0) is 48.6 Å². The van der Waals surface area contributed by atoms with E-state index in [4.69, 9.17) is 16.2 Å². The van der Waals surface area contributed by atoms with Crippen LogP contribution in [0.2, 0.25) is 0 Å². The van der Waals surface area contributed by atoms with Gasteiger partial charge in [-0.25, -0.2) is 9.97 Å². The number of carbonyl (C=O) groups is 1. The number of aldehydes is 1. The summed E-state index contributed by atoms with van der Waals surface area (Å²) >= 11 is 0. The van der Waals surface area contributed by atoms with Crippen LogP contribution in [0, 0.1) is 30.1 Å². The molecule has 200 valence electrons. The van der Waals surface area contributed by atoms with Crippen molar-refractivity contribution in [3.63, 3.8) is 0 Å². The molecule has 3 rings (SSSR count). The Morgan fingerprint density at radius 2 is 1.97 bits per heavy atom. The molecule has 0 saturated heterocycles. The number of anilines is 3. The molecule has 6 N–H and O–H groups in total. The van der Waals surface area contributed by atoms with E-state index in [1.165, 1.54) is 18.5 Å². The van der Waals surface area contributed by atoms with Gasteiger partial charge in [0.25, 0.3) is 0 Å². The molecule has 1 atom stereocenters. The van der Waals surface area contributed by atoms with E-state index in [0.29, 0.717) is 24.2 Å². The zero-order valence-electron chi connectivity index (χ0n) is 21.1. The quantitative estimate of drug-likeness (QED) is 0.175. The molecule has 0 fully saturated rings. The molecule has 0 bridgehead atoms. The number of carbonyl (C=O) groups excluding carboxylic acids is 1. The van der Waals surface area contributed by atoms with Gasteiger partial charge in [0.05, 0.1) is 11.1 Å². The topological polar surface area (TPSA) is 137 Å². The molecular formula is C27H29F3N6O2. The minimum Gasteiger partial charge on any atom is -0.396 e. The third kappa shape index (κ3) is 8.60. The Balaban J connectivity index is 0.000000352. The lowest BCUT2D eigenvalue weighted by Gasteiger charge is -2.13. The van der Waals surface area contributed by atoms with Gasteiger partial charge >= 0.3 is 6.18 Å². The second-order valence-corrected chi connectivity index (χ2v) is 8.30. The fraction of sp³-hybridized carbons (Fsp3) is 0.259. The number of nitrogen functional groups attached to an aromatic ring is 1. The van der Waals surface area contributed by atoms with Crippen molar-refractivity contribution in [2.75, 3.05) is 36.6 Å². The number of rotatable bonds is 7. The Kier molecular flexibility index (Phi) is 10.8. The summed E-state index contributed by atoms with van der Waals surface area (Å²) in [4.78, 5) is 18.2. The fourth-order valence-electron chi connectivity index (χ4n) is 3.01. The van der Waals surface area contributed by atoms with Crippen molar-refractivity contribution in [1.82, 2.24) is 9.97 Å². The number of aliphatic hydroxyl groups excluding tert-OH is 1. The van der Waals surface area contributed by atoms with Crippen molar-refractivity contribution in [1.29, 1.82) is 5.41 Å². The van der Waals surface area contributed by atoms with Gasteiger partial charge in [-0.15, -0.1) is 0 Å². The molecule has 0 radical (unpaired) electrons. The van der Waals surface area contributed by atoms with E-state index in [0.717, 1.165) is 28.9 Å². The van der Waals surface area contributed by atoms with Crippen LogP contribution in [-0.4, -0.2) is 47.3 Å². The van der Waals surface area contributed by atoms with E-state index in [2.05, 4.69) is 32.4 Å². The van der Waals surface area contributed by atoms with Crippen LogP contribution in [0.5, 0.6) is 0 Å². The first-order chi connectivity index (χ1) is 18.0. The lowest BCUT2D eigenvalue weighted by atomic mass is 10.1. The molecule has 8 nitrogen and oxygen atoms in total. The number of aliphatic hydroxyl groups is 1. The average molecular weight is 527 g/mol. The molecule has 0 unspecified atom stereocenters. The first-order valence-electron chi connectivity index (χ1n) is 11.5. The summed E-state index contributed by atoms with van der Waals surface area (Å²) in [5.74, 6) is 6.55. The van der Waals surface area contributed by atoms with Gasteiger partial charge in [-0.1, -0.05) is 31.0 Å². The normalized spacial score (nSPS) is 11.2. The molecule has 0 aliphatic heterocycles. The zero-order chi connectivity index (χ0) is 28.3. The molecule has 0 aliphatic carbocycles. The van der Waals surface area contributed by atoms with Crippen molar-refractivity contribution in [3.05, 3.63) is 76.6 Å². The first kappa shape index (κ1) is 29.8. The summed E-state index contributed by atoms with van der Waals surface area (Å²) in [6.07, 6.45) is -2.65. The first-order valence-corrected chi connectivity index (χ1v) is 11.5. The van der Waals surface area contributed by atoms with Crippen LogP contribution in [0.4, 0.5) is 30.5 Å². The van der Waals surface area contributed by atoms with Gasteiger partial charge in [0.15, 0.2) is 0 Å². The summed E-state index contributed by atoms with van der Waals surface area (Å²) in [5.41, 5.74) is 8.40. The Labute approximate surface area is 219 Å². The summed E-state index contributed by atoms with van der Waals surface area (Å²) < 4.78 is 36.0. The lowest BCUT2D eigenvalue weighted by Crippen LogP contribution is -2.18. The molecular weight excluding hydrogens is 497 g/mol. The van der Waals surface area contributed by atoms with Crippen LogP contribution in [-0.2, 0) is 6.18 Å². The van der Waals surface area contributed by atoms with Crippen molar-refractivity contribution >= 4 is 29.3 Å². The maximum atomic E-state index is 12.0. The predicted molar refractivity (Wildman–Crippen MR) is 142 cm³/mol.